The number of hydrogen-bond acceptors (Lipinski definition) is 3. The van der Waals surface area contributed by atoms with E-state index in [1.54, 1.807) is 7.11 Å². The van der Waals surface area contributed by atoms with E-state index >= 15 is 0 Å². The van der Waals surface area contributed by atoms with Gasteiger partial charge in [0, 0.05) is 13.1 Å². The van der Waals surface area contributed by atoms with Gasteiger partial charge < -0.3 is 9.64 Å². The summed E-state index contributed by atoms with van der Waals surface area (Å²) in [5, 5.41) is 4.12. The molecule has 0 unspecified atom stereocenters. The smallest absolute Gasteiger partial charge is 0.142 e. The minimum atomic E-state index is -0.264. The molecule has 0 saturated heterocycles. The number of nitrogens with zero attached hydrogens (tertiary/aromatic N) is 1. The van der Waals surface area contributed by atoms with Crippen molar-refractivity contribution in [1.82, 2.24) is 5.32 Å². The number of methoxy groups -OCH3 is 1. The van der Waals surface area contributed by atoms with Crippen molar-refractivity contribution in [3.8, 4) is 5.75 Å². The van der Waals surface area contributed by atoms with E-state index in [0.717, 1.165) is 17.9 Å². The molecule has 3 rings (SSSR count). The first kappa shape index (κ1) is 26.6. The second-order valence-electron chi connectivity index (χ2n) is 8.00. The van der Waals surface area contributed by atoms with Crippen molar-refractivity contribution in [2.75, 3.05) is 19.1 Å². The van der Waals surface area contributed by atoms with Gasteiger partial charge in [-0.1, -0.05) is 81.5 Å². The number of para-hydroxylation sites is 2. The van der Waals surface area contributed by atoms with Gasteiger partial charge in [-0.15, -0.1) is 24.8 Å². The number of hydrogen-bond donors (Lipinski definition) is 1. The van der Waals surface area contributed by atoms with Crippen LogP contribution in [0.5, 0.6) is 5.75 Å². The predicted molar refractivity (Wildman–Crippen MR) is 134 cm³/mol. The van der Waals surface area contributed by atoms with Gasteiger partial charge in [0.2, 0.25) is 0 Å². The van der Waals surface area contributed by atoms with Crippen LogP contribution in [0.15, 0.2) is 54.6 Å². The third-order valence-corrected chi connectivity index (χ3v) is 6.33. The maximum atomic E-state index is 5.70. The Labute approximate surface area is 195 Å². The highest BCUT2D eigenvalue weighted by Crippen LogP contribution is 2.38. The molecule has 1 aliphatic rings. The van der Waals surface area contributed by atoms with Crippen molar-refractivity contribution in [3.63, 3.8) is 0 Å². The molecule has 2 aromatic carbocycles. The molecule has 1 aliphatic carbocycles. The average Bonchev–Trinajstić information content (AvgIpc) is 2.73. The Balaban J connectivity index is 0.00000225. The Hall–Kier alpha value is -1.42. The lowest BCUT2D eigenvalue weighted by Gasteiger charge is -2.47. The van der Waals surface area contributed by atoms with Crippen molar-refractivity contribution >= 4 is 30.5 Å². The maximum Gasteiger partial charge on any atom is 0.142 e. The molecule has 30 heavy (non-hydrogen) atoms. The fourth-order valence-electron chi connectivity index (χ4n) is 4.68. The van der Waals surface area contributed by atoms with Crippen molar-refractivity contribution in [2.45, 2.75) is 70.0 Å². The number of benzene rings is 2. The lowest BCUT2D eigenvalue weighted by molar-refractivity contribution is 0.244. The summed E-state index contributed by atoms with van der Waals surface area (Å²) < 4.78 is 5.70. The van der Waals surface area contributed by atoms with E-state index < -0.39 is 0 Å². The Morgan fingerprint density at radius 2 is 1.47 bits per heavy atom. The molecule has 1 saturated carbocycles. The van der Waals surface area contributed by atoms with Crippen LogP contribution in [0.25, 0.3) is 0 Å². The zero-order chi connectivity index (χ0) is 19.8. The summed E-state index contributed by atoms with van der Waals surface area (Å²) >= 11 is 0. The van der Waals surface area contributed by atoms with E-state index in [4.69, 9.17) is 4.74 Å². The number of rotatable bonds is 7. The summed E-state index contributed by atoms with van der Waals surface area (Å²) in [7, 11) is 3.95. The summed E-state index contributed by atoms with van der Waals surface area (Å²) in [4.78, 5) is 2.39. The minimum absolute atomic E-state index is 0. The molecule has 168 valence electrons. The second-order valence-corrected chi connectivity index (χ2v) is 8.00. The van der Waals surface area contributed by atoms with E-state index in [0.29, 0.717) is 6.04 Å². The summed E-state index contributed by atoms with van der Waals surface area (Å²) in [5.41, 5.74) is 2.17. The summed E-state index contributed by atoms with van der Waals surface area (Å²) in [6.07, 6.45) is 10.3. The molecule has 1 N–H and O–H groups in total. The van der Waals surface area contributed by atoms with Crippen LogP contribution in [0.1, 0.15) is 63.9 Å². The molecular formula is C25H38Cl2N2O. The highest BCUT2D eigenvalue weighted by Gasteiger charge is 2.37. The fraction of sp³-hybridized carbons (Fsp3) is 0.520. The first-order valence-corrected chi connectivity index (χ1v) is 10.9. The van der Waals surface area contributed by atoms with Gasteiger partial charge in [0.05, 0.1) is 12.8 Å². The number of ether oxygens (including phenoxy) is 1. The monoisotopic (exact) mass is 452 g/mol. The van der Waals surface area contributed by atoms with Gasteiger partial charge >= 0.3 is 0 Å². The van der Waals surface area contributed by atoms with Gasteiger partial charge in [-0.3, -0.25) is 5.32 Å². The van der Waals surface area contributed by atoms with E-state index in [1.165, 1.54) is 50.5 Å². The van der Waals surface area contributed by atoms with Crippen LogP contribution in [0.2, 0.25) is 0 Å². The summed E-state index contributed by atoms with van der Waals surface area (Å²) in [5.74, 6) is 0.915. The highest BCUT2D eigenvalue weighted by molar-refractivity contribution is 5.85. The Morgan fingerprint density at radius 1 is 0.900 bits per heavy atom. The van der Waals surface area contributed by atoms with Crippen LogP contribution in [0.3, 0.4) is 0 Å². The third kappa shape index (κ3) is 6.06. The predicted octanol–water partition coefficient (Wildman–Crippen LogP) is 6.94. The zero-order valence-electron chi connectivity index (χ0n) is 18.6. The normalized spacial score (nSPS) is 16.8. The molecule has 0 heterocycles. The first-order chi connectivity index (χ1) is 13.7. The fourth-order valence-corrected chi connectivity index (χ4v) is 4.68. The van der Waals surface area contributed by atoms with Gasteiger partial charge in [-0.25, -0.2) is 0 Å². The molecule has 0 amide bonds. The minimum Gasteiger partial charge on any atom is -0.495 e. The Bertz CT molecular complexity index is 720. The van der Waals surface area contributed by atoms with Gasteiger partial charge in [-0.2, -0.15) is 0 Å². The lowest BCUT2D eigenvalue weighted by atomic mass is 9.89. The van der Waals surface area contributed by atoms with Gasteiger partial charge in [0.25, 0.3) is 0 Å². The highest BCUT2D eigenvalue weighted by atomic mass is 35.5. The number of anilines is 1. The molecular weight excluding hydrogens is 415 g/mol. The van der Waals surface area contributed by atoms with Crippen LogP contribution in [-0.2, 0) is 5.66 Å². The number of halogens is 2. The van der Waals surface area contributed by atoms with Gasteiger partial charge in [-0.05, 0) is 37.0 Å². The first-order valence-electron chi connectivity index (χ1n) is 10.9. The van der Waals surface area contributed by atoms with Crippen LogP contribution in [0.4, 0.5) is 5.69 Å². The Kier molecular flexibility index (Phi) is 11.6. The second kappa shape index (κ2) is 13.1. The molecule has 0 spiro atoms. The van der Waals surface area contributed by atoms with Crippen molar-refractivity contribution in [2.24, 2.45) is 0 Å². The van der Waals surface area contributed by atoms with Crippen molar-refractivity contribution in [3.05, 3.63) is 60.2 Å². The van der Waals surface area contributed by atoms with E-state index in [1.807, 2.05) is 12.1 Å². The van der Waals surface area contributed by atoms with E-state index in [-0.39, 0.29) is 30.5 Å². The van der Waals surface area contributed by atoms with Crippen molar-refractivity contribution < 1.29 is 4.74 Å². The van der Waals surface area contributed by atoms with Gasteiger partial charge in [0.1, 0.15) is 11.4 Å². The molecule has 2 aromatic rings. The molecule has 0 bridgehead atoms. The Morgan fingerprint density at radius 3 is 2.07 bits per heavy atom. The number of nitrogens with one attached hydrogen (secondary N) is 1. The topological polar surface area (TPSA) is 24.5 Å². The molecule has 0 aromatic heterocycles. The molecule has 1 atom stereocenters. The summed E-state index contributed by atoms with van der Waals surface area (Å²) in [6, 6.07) is 19.8. The van der Waals surface area contributed by atoms with Crippen LogP contribution in [0, 0.1) is 0 Å². The molecule has 5 heteroatoms. The molecule has 0 aliphatic heterocycles. The SMILES string of the molecule is CC[C@](NC1CCCCCCC1)(c1ccccc1)N(C)c1ccccc1OC.Cl.Cl. The van der Waals surface area contributed by atoms with Crippen molar-refractivity contribution in [1.29, 1.82) is 0 Å². The van der Waals surface area contributed by atoms with Crippen LogP contribution < -0.4 is 15.0 Å². The average molecular weight is 453 g/mol. The van der Waals surface area contributed by atoms with E-state index in [2.05, 4.69) is 66.7 Å². The largest absolute Gasteiger partial charge is 0.495 e. The summed E-state index contributed by atoms with van der Waals surface area (Å²) in [6.45, 7) is 2.29. The maximum absolute atomic E-state index is 5.70. The molecule has 1 fully saturated rings. The third-order valence-electron chi connectivity index (χ3n) is 6.33. The molecule has 0 radical (unpaired) electrons. The standard InChI is InChI=1S/C25H36N2O.2ClH/c1-4-25(21-15-9-8-10-16-21,26-22-17-11-6-5-7-12-18-22)27(2)23-19-13-14-20-24(23)28-3;;/h8-10,13-16,19-20,22,26H,4-7,11-12,17-18H2,1-3H3;2*1H/t25-;;/m1../s1. The van der Waals surface area contributed by atoms with E-state index in [9.17, 15) is 0 Å². The van der Waals surface area contributed by atoms with Gasteiger partial charge in [0.15, 0.2) is 0 Å². The lowest BCUT2D eigenvalue weighted by Crippen LogP contribution is -2.58. The quantitative estimate of drug-likeness (QED) is 0.460. The van der Waals surface area contributed by atoms with Crippen LogP contribution in [-0.4, -0.2) is 20.2 Å². The zero-order valence-corrected chi connectivity index (χ0v) is 20.2. The molecule has 3 nitrogen and oxygen atoms in total. The van der Waals surface area contributed by atoms with Crippen LogP contribution >= 0.6 is 24.8 Å².